The lowest BCUT2D eigenvalue weighted by molar-refractivity contribution is 0.577. The number of hydrogen-bond acceptors (Lipinski definition) is 2. The van der Waals surface area contributed by atoms with E-state index in [-0.39, 0.29) is 0 Å². The van der Waals surface area contributed by atoms with E-state index in [2.05, 4.69) is 47.1 Å². The van der Waals surface area contributed by atoms with Crippen LogP contribution in [0.25, 0.3) is 0 Å². The summed E-state index contributed by atoms with van der Waals surface area (Å²) >= 11 is 0. The van der Waals surface area contributed by atoms with E-state index in [1.54, 1.807) is 0 Å². The number of hydrogen-bond donors (Lipinski definition) is 0. The van der Waals surface area contributed by atoms with Gasteiger partial charge in [0.15, 0.2) is 0 Å². The van der Waals surface area contributed by atoms with Crippen LogP contribution in [-0.4, -0.2) is 26.1 Å². The molecule has 2 rings (SSSR count). The predicted octanol–water partition coefficient (Wildman–Crippen LogP) is 3.30. The average molecular weight is 258 g/mol. The third kappa shape index (κ3) is 3.88. The van der Waals surface area contributed by atoms with E-state index in [4.69, 9.17) is 0 Å². The first-order valence-electron chi connectivity index (χ1n) is 6.78. The van der Waals surface area contributed by atoms with Gasteiger partial charge in [0.2, 0.25) is 0 Å². The van der Waals surface area contributed by atoms with E-state index >= 15 is 0 Å². The van der Waals surface area contributed by atoms with Gasteiger partial charge in [-0.25, -0.2) is 0 Å². The zero-order valence-corrected chi connectivity index (χ0v) is 12.7. The van der Waals surface area contributed by atoms with Crippen molar-refractivity contribution in [1.82, 2.24) is 4.98 Å². The number of rotatable bonds is 1. The van der Waals surface area contributed by atoms with Crippen LogP contribution in [0.1, 0.15) is 24.8 Å². The maximum absolute atomic E-state index is 4.33. The molecule has 1 aliphatic heterocycles. The molecule has 1 saturated heterocycles. The lowest BCUT2D eigenvalue weighted by atomic mass is 10.1. The third-order valence-corrected chi connectivity index (χ3v) is 3.90. The molecule has 0 radical (unpaired) electrons. The Morgan fingerprint density at radius 3 is 2.50 bits per heavy atom. The Kier molecular flexibility index (Phi) is 4.08. The fourth-order valence-electron chi connectivity index (χ4n) is 2.08. The minimum atomic E-state index is -1.30. The first kappa shape index (κ1) is 13.2. The molecule has 96 valence electrons. The Balaban J connectivity index is 2.16. The molecular weight excluding hydrogens is 236 g/mol. The van der Waals surface area contributed by atoms with Gasteiger partial charge in [0.05, 0.1) is 11.9 Å². The van der Waals surface area contributed by atoms with E-state index in [0.717, 1.165) is 18.7 Å². The average Bonchev–Trinajstić information content (AvgIpc) is 2.37. The summed E-state index contributed by atoms with van der Waals surface area (Å²) in [5.74, 6) is 3.29. The zero-order chi connectivity index (χ0) is 13.0. The normalized spacial score (nSPS) is 16.1. The molecule has 0 aromatic carbocycles. The first-order chi connectivity index (χ1) is 8.54. The standard InChI is InChI=1S/C15H22N2Si/c1-18(2,3)10-7-14-11-15(13-16-12-14)17-8-5-4-6-9-17/h11-13H,4-6,8-9H2,1-3H3. The van der Waals surface area contributed by atoms with Gasteiger partial charge in [-0.3, -0.25) is 4.98 Å². The molecule has 0 aliphatic carbocycles. The van der Waals surface area contributed by atoms with Crippen molar-refractivity contribution in [2.45, 2.75) is 38.9 Å². The molecule has 0 bridgehead atoms. The fraction of sp³-hybridized carbons (Fsp3) is 0.533. The van der Waals surface area contributed by atoms with E-state index in [9.17, 15) is 0 Å². The van der Waals surface area contributed by atoms with E-state index < -0.39 is 8.07 Å². The van der Waals surface area contributed by atoms with Crippen molar-refractivity contribution < 1.29 is 0 Å². The van der Waals surface area contributed by atoms with Gasteiger partial charge >= 0.3 is 0 Å². The lowest BCUT2D eigenvalue weighted by Gasteiger charge is -2.28. The minimum Gasteiger partial charge on any atom is -0.370 e. The largest absolute Gasteiger partial charge is 0.370 e. The molecule has 0 N–H and O–H groups in total. The number of nitrogens with zero attached hydrogens (tertiary/aromatic N) is 2. The van der Waals surface area contributed by atoms with Crippen molar-refractivity contribution in [1.29, 1.82) is 0 Å². The van der Waals surface area contributed by atoms with Crippen LogP contribution in [0.3, 0.4) is 0 Å². The Labute approximate surface area is 111 Å². The maximum Gasteiger partial charge on any atom is 0.129 e. The summed E-state index contributed by atoms with van der Waals surface area (Å²) in [6, 6.07) is 2.19. The molecule has 1 aromatic rings. The zero-order valence-electron chi connectivity index (χ0n) is 11.7. The van der Waals surface area contributed by atoms with Crippen molar-refractivity contribution in [2.24, 2.45) is 0 Å². The third-order valence-electron chi connectivity index (χ3n) is 3.03. The van der Waals surface area contributed by atoms with Crippen LogP contribution >= 0.6 is 0 Å². The molecule has 0 unspecified atom stereocenters. The summed E-state index contributed by atoms with van der Waals surface area (Å²) in [6.45, 7) is 9.12. The van der Waals surface area contributed by atoms with Gasteiger partial charge in [-0.05, 0) is 25.3 Å². The van der Waals surface area contributed by atoms with Gasteiger partial charge in [0.1, 0.15) is 8.07 Å². The van der Waals surface area contributed by atoms with E-state index in [1.807, 2.05) is 12.4 Å². The summed E-state index contributed by atoms with van der Waals surface area (Å²) in [7, 11) is -1.30. The van der Waals surface area contributed by atoms with Gasteiger partial charge in [-0.15, -0.1) is 5.54 Å². The van der Waals surface area contributed by atoms with Crippen LogP contribution in [0.4, 0.5) is 5.69 Å². The summed E-state index contributed by atoms with van der Waals surface area (Å²) in [4.78, 5) is 6.76. The molecule has 0 spiro atoms. The van der Waals surface area contributed by atoms with Crippen LogP contribution in [-0.2, 0) is 0 Å². The highest BCUT2D eigenvalue weighted by Crippen LogP contribution is 2.19. The molecule has 2 nitrogen and oxygen atoms in total. The number of piperidine rings is 1. The van der Waals surface area contributed by atoms with Gasteiger partial charge in [-0.2, -0.15) is 0 Å². The van der Waals surface area contributed by atoms with E-state index in [1.165, 1.54) is 24.9 Å². The highest BCUT2D eigenvalue weighted by atomic mass is 28.3. The Bertz CT molecular complexity index is 459. The second-order valence-electron chi connectivity index (χ2n) is 5.98. The van der Waals surface area contributed by atoms with Crippen LogP contribution in [0.5, 0.6) is 0 Å². The van der Waals surface area contributed by atoms with Gasteiger partial charge in [-0.1, -0.05) is 25.6 Å². The minimum absolute atomic E-state index is 1.06. The summed E-state index contributed by atoms with van der Waals surface area (Å²) in [5, 5.41) is 0. The van der Waals surface area contributed by atoms with E-state index in [0.29, 0.717) is 0 Å². The quantitative estimate of drug-likeness (QED) is 0.567. The van der Waals surface area contributed by atoms with Crippen LogP contribution in [0.15, 0.2) is 18.5 Å². The molecule has 1 aliphatic rings. The predicted molar refractivity (Wildman–Crippen MR) is 80.5 cm³/mol. The van der Waals surface area contributed by atoms with Crippen molar-refractivity contribution in [3.63, 3.8) is 0 Å². The molecule has 18 heavy (non-hydrogen) atoms. The highest BCUT2D eigenvalue weighted by Gasteiger charge is 2.11. The van der Waals surface area contributed by atoms with Gasteiger partial charge < -0.3 is 4.90 Å². The summed E-state index contributed by atoms with van der Waals surface area (Å²) < 4.78 is 0. The lowest BCUT2D eigenvalue weighted by Crippen LogP contribution is -2.29. The molecule has 0 atom stereocenters. The molecule has 1 aromatic heterocycles. The SMILES string of the molecule is C[Si](C)(C)C#Cc1cncc(N2CCCCC2)c1. The van der Waals surface area contributed by atoms with Crippen molar-refractivity contribution in [3.8, 4) is 11.5 Å². The van der Waals surface area contributed by atoms with Gasteiger partial charge in [0, 0.05) is 24.8 Å². The van der Waals surface area contributed by atoms with Crippen LogP contribution < -0.4 is 4.90 Å². The van der Waals surface area contributed by atoms with Crippen molar-refractivity contribution >= 4 is 13.8 Å². The first-order valence-corrected chi connectivity index (χ1v) is 10.3. The topological polar surface area (TPSA) is 16.1 Å². The second-order valence-corrected chi connectivity index (χ2v) is 10.7. The smallest absolute Gasteiger partial charge is 0.129 e. The Hall–Kier alpha value is -1.27. The van der Waals surface area contributed by atoms with Crippen molar-refractivity contribution in [3.05, 3.63) is 24.0 Å². The monoisotopic (exact) mass is 258 g/mol. The molecule has 3 heteroatoms. The van der Waals surface area contributed by atoms with Crippen LogP contribution in [0, 0.1) is 11.5 Å². The number of aromatic nitrogens is 1. The van der Waals surface area contributed by atoms with Crippen molar-refractivity contribution in [2.75, 3.05) is 18.0 Å². The number of anilines is 1. The number of pyridine rings is 1. The molecule has 1 fully saturated rings. The molecular formula is C15H22N2Si. The Morgan fingerprint density at radius 2 is 1.83 bits per heavy atom. The fourth-order valence-corrected chi connectivity index (χ4v) is 2.60. The summed E-state index contributed by atoms with van der Waals surface area (Å²) in [5.41, 5.74) is 5.69. The Morgan fingerprint density at radius 1 is 1.11 bits per heavy atom. The molecule has 0 amide bonds. The maximum atomic E-state index is 4.33. The van der Waals surface area contributed by atoms with Gasteiger partial charge in [0.25, 0.3) is 0 Å². The highest BCUT2D eigenvalue weighted by molar-refractivity contribution is 6.83. The molecule has 2 heterocycles. The van der Waals surface area contributed by atoms with Crippen LogP contribution in [0.2, 0.25) is 19.6 Å². The second kappa shape index (κ2) is 5.58. The summed E-state index contributed by atoms with van der Waals surface area (Å²) in [6.07, 6.45) is 7.79. The molecule has 0 saturated carbocycles.